The molecule has 0 spiro atoms. The van der Waals surface area contributed by atoms with Crippen molar-refractivity contribution in [2.24, 2.45) is 0 Å². The zero-order chi connectivity index (χ0) is 24.4. The molecule has 2 aromatic carbocycles. The number of benzene rings is 2. The number of halogens is 4. The van der Waals surface area contributed by atoms with Gasteiger partial charge in [0.1, 0.15) is 11.6 Å². The molecule has 1 N–H and O–H groups in total. The lowest BCUT2D eigenvalue weighted by atomic mass is 10.2. The van der Waals surface area contributed by atoms with Crippen molar-refractivity contribution < 1.29 is 23.1 Å². The summed E-state index contributed by atoms with van der Waals surface area (Å²) in [6.45, 7) is 13.0. The van der Waals surface area contributed by atoms with Crippen molar-refractivity contribution >= 4 is 40.2 Å². The number of rotatable bonds is 4. The molecule has 0 radical (unpaired) electrons. The standard InChI is InChI=1S/C13H20BrFOSi.C7H6BrFO.C4H8O/c1-13(2,3)17(4,5)16-9-10-8-11(14)6-7-12(10)15;8-6-1-2-7(9)5(3-6)4-10;1-2-4-5-3-1/h6-8H,9H2,1-5H3;1-3,10H,4H2;1-4H2. The van der Waals surface area contributed by atoms with Crippen LogP contribution in [0.15, 0.2) is 45.3 Å². The van der Waals surface area contributed by atoms with Gasteiger partial charge in [-0.15, -0.1) is 0 Å². The molecule has 1 aliphatic rings. The highest BCUT2D eigenvalue weighted by atomic mass is 79.9. The highest BCUT2D eigenvalue weighted by Crippen LogP contribution is 2.37. The van der Waals surface area contributed by atoms with Gasteiger partial charge < -0.3 is 14.3 Å². The summed E-state index contributed by atoms with van der Waals surface area (Å²) in [5.74, 6) is -0.572. The monoisotopic (exact) mass is 594 g/mol. The average molecular weight is 596 g/mol. The Balaban J connectivity index is 0.000000284. The third-order valence-electron chi connectivity index (χ3n) is 5.41. The van der Waals surface area contributed by atoms with E-state index in [1.807, 2.05) is 0 Å². The van der Waals surface area contributed by atoms with Crippen LogP contribution in [0.25, 0.3) is 0 Å². The van der Waals surface area contributed by atoms with Gasteiger partial charge in [-0.05, 0) is 67.4 Å². The van der Waals surface area contributed by atoms with Crippen molar-refractivity contribution in [3.63, 3.8) is 0 Å². The van der Waals surface area contributed by atoms with Crippen molar-refractivity contribution in [1.82, 2.24) is 0 Å². The summed E-state index contributed by atoms with van der Waals surface area (Å²) >= 11 is 6.50. The molecule has 3 nitrogen and oxygen atoms in total. The normalized spacial score (nSPS) is 13.7. The van der Waals surface area contributed by atoms with Gasteiger partial charge >= 0.3 is 0 Å². The summed E-state index contributed by atoms with van der Waals surface area (Å²) in [4.78, 5) is 0. The third kappa shape index (κ3) is 10.5. The first-order chi connectivity index (χ1) is 14.9. The first-order valence-corrected chi connectivity index (χ1v) is 15.1. The largest absolute Gasteiger partial charge is 0.412 e. The van der Waals surface area contributed by atoms with E-state index < -0.39 is 8.32 Å². The smallest absolute Gasteiger partial charge is 0.192 e. The molecule has 0 atom stereocenters. The molecule has 3 rings (SSSR count). The first kappa shape index (κ1) is 29.4. The van der Waals surface area contributed by atoms with Crippen molar-refractivity contribution in [2.45, 2.75) is 65.0 Å². The highest BCUT2D eigenvalue weighted by Gasteiger charge is 2.37. The minimum Gasteiger partial charge on any atom is -0.412 e. The zero-order valence-corrected chi connectivity index (χ0v) is 23.7. The van der Waals surface area contributed by atoms with Gasteiger partial charge in [0.2, 0.25) is 0 Å². The molecule has 2 aromatic rings. The van der Waals surface area contributed by atoms with Gasteiger partial charge in [-0.2, -0.15) is 0 Å². The lowest BCUT2D eigenvalue weighted by Gasteiger charge is -2.36. The van der Waals surface area contributed by atoms with Gasteiger partial charge in [-0.1, -0.05) is 52.6 Å². The van der Waals surface area contributed by atoms with Gasteiger partial charge in [0.15, 0.2) is 8.32 Å². The van der Waals surface area contributed by atoms with Crippen molar-refractivity contribution in [3.05, 3.63) is 68.1 Å². The maximum absolute atomic E-state index is 13.6. The van der Waals surface area contributed by atoms with Crippen LogP contribution in [0.4, 0.5) is 8.78 Å². The molecule has 8 heteroatoms. The Bertz CT molecular complexity index is 831. The van der Waals surface area contributed by atoms with E-state index in [9.17, 15) is 8.78 Å². The van der Waals surface area contributed by atoms with Gasteiger partial charge in [0, 0.05) is 33.3 Å². The molecule has 0 amide bonds. The summed E-state index contributed by atoms with van der Waals surface area (Å²) in [5, 5.41) is 8.73. The number of hydrogen-bond acceptors (Lipinski definition) is 3. The second-order valence-electron chi connectivity index (χ2n) is 9.00. The van der Waals surface area contributed by atoms with E-state index >= 15 is 0 Å². The molecule has 1 fully saturated rings. The molecule has 1 saturated heterocycles. The van der Waals surface area contributed by atoms with Gasteiger partial charge in [0.05, 0.1) is 13.2 Å². The van der Waals surface area contributed by atoms with Crippen LogP contribution in [-0.2, 0) is 22.4 Å². The Morgan fingerprint density at radius 1 is 0.938 bits per heavy atom. The van der Waals surface area contributed by atoms with Crippen LogP contribution in [0, 0.1) is 11.6 Å². The molecule has 0 saturated carbocycles. The molecule has 32 heavy (non-hydrogen) atoms. The second-order valence-corrected chi connectivity index (χ2v) is 15.6. The fourth-order valence-electron chi connectivity index (χ4n) is 2.30. The van der Waals surface area contributed by atoms with E-state index in [1.54, 1.807) is 24.3 Å². The Hall–Kier alpha value is -0.643. The minimum atomic E-state index is -1.81. The summed E-state index contributed by atoms with van der Waals surface area (Å²) in [6.07, 6.45) is 2.56. The van der Waals surface area contributed by atoms with Crippen molar-refractivity contribution in [3.8, 4) is 0 Å². The van der Waals surface area contributed by atoms with Crippen LogP contribution in [0.2, 0.25) is 18.1 Å². The fraction of sp³-hybridized carbons (Fsp3) is 0.500. The summed E-state index contributed by atoms with van der Waals surface area (Å²) in [7, 11) is -1.81. The maximum atomic E-state index is 13.6. The zero-order valence-electron chi connectivity index (χ0n) is 19.5. The van der Waals surface area contributed by atoms with E-state index in [0.717, 1.165) is 22.2 Å². The predicted molar refractivity (Wildman–Crippen MR) is 136 cm³/mol. The Labute approximate surface area is 208 Å². The fourth-order valence-corrected chi connectivity index (χ4v) is 4.07. The number of aliphatic hydroxyl groups excluding tert-OH is 1. The second kappa shape index (κ2) is 13.9. The lowest BCUT2D eigenvalue weighted by Crippen LogP contribution is -2.40. The maximum Gasteiger partial charge on any atom is 0.192 e. The molecular formula is C24H34Br2F2O3Si. The molecule has 180 valence electrons. The van der Waals surface area contributed by atoms with Crippen LogP contribution in [-0.4, -0.2) is 26.6 Å². The van der Waals surface area contributed by atoms with Crippen molar-refractivity contribution in [1.29, 1.82) is 0 Å². The van der Waals surface area contributed by atoms with Crippen LogP contribution < -0.4 is 0 Å². The lowest BCUT2D eigenvalue weighted by molar-refractivity contribution is 0.198. The van der Waals surface area contributed by atoms with E-state index in [2.05, 4.69) is 65.7 Å². The highest BCUT2D eigenvalue weighted by molar-refractivity contribution is 9.10. The summed E-state index contributed by atoms with van der Waals surface area (Å²) in [6, 6.07) is 9.40. The first-order valence-electron chi connectivity index (χ1n) is 10.6. The SMILES string of the molecule is C1CCOC1.CC(C)(C)[Si](C)(C)OCc1cc(Br)ccc1F.OCc1cc(Br)ccc1F. The van der Waals surface area contributed by atoms with Crippen LogP contribution in [0.3, 0.4) is 0 Å². The summed E-state index contributed by atoms with van der Waals surface area (Å²) in [5.41, 5.74) is 0.929. The van der Waals surface area contributed by atoms with Crippen LogP contribution in [0.1, 0.15) is 44.7 Å². The predicted octanol–water partition coefficient (Wildman–Crippen LogP) is 7.99. The van der Waals surface area contributed by atoms with E-state index in [-0.39, 0.29) is 23.3 Å². The molecule has 0 unspecified atom stereocenters. The van der Waals surface area contributed by atoms with Gasteiger partial charge in [-0.25, -0.2) is 8.78 Å². The average Bonchev–Trinajstić information content (AvgIpc) is 3.30. The van der Waals surface area contributed by atoms with Crippen LogP contribution in [0.5, 0.6) is 0 Å². The number of ether oxygens (including phenoxy) is 1. The molecule has 1 heterocycles. The van der Waals surface area contributed by atoms with Gasteiger partial charge in [-0.3, -0.25) is 0 Å². The molecule has 1 aliphatic heterocycles. The quantitative estimate of drug-likeness (QED) is 0.364. The summed E-state index contributed by atoms with van der Waals surface area (Å²) < 4.78 is 38.7. The van der Waals surface area contributed by atoms with E-state index in [4.69, 9.17) is 14.3 Å². The van der Waals surface area contributed by atoms with E-state index in [1.165, 1.54) is 25.0 Å². The molecule has 0 aromatic heterocycles. The topological polar surface area (TPSA) is 38.7 Å². The molecule has 0 bridgehead atoms. The number of aliphatic hydroxyl groups is 1. The van der Waals surface area contributed by atoms with Gasteiger partial charge in [0.25, 0.3) is 0 Å². The Morgan fingerprint density at radius 3 is 1.78 bits per heavy atom. The number of hydrogen-bond donors (Lipinski definition) is 1. The molecular weight excluding hydrogens is 562 g/mol. The third-order valence-corrected chi connectivity index (χ3v) is 10.9. The van der Waals surface area contributed by atoms with Crippen LogP contribution >= 0.6 is 31.9 Å². The minimum absolute atomic E-state index is 0.148. The molecule has 0 aliphatic carbocycles. The van der Waals surface area contributed by atoms with Crippen molar-refractivity contribution in [2.75, 3.05) is 13.2 Å². The Morgan fingerprint density at radius 2 is 1.41 bits per heavy atom. The van der Waals surface area contributed by atoms with E-state index in [0.29, 0.717) is 17.7 Å². The Kier molecular flexibility index (Phi) is 12.8.